The van der Waals surface area contributed by atoms with E-state index in [1.807, 2.05) is 50.2 Å². The summed E-state index contributed by atoms with van der Waals surface area (Å²) < 4.78 is 0. The van der Waals surface area contributed by atoms with E-state index in [0.717, 1.165) is 11.4 Å². The van der Waals surface area contributed by atoms with Crippen LogP contribution in [0.15, 0.2) is 24.3 Å². The molecule has 3 N–H and O–H groups in total. The van der Waals surface area contributed by atoms with Gasteiger partial charge in [-0.2, -0.15) is 0 Å². The molecule has 4 nitrogen and oxygen atoms in total. The van der Waals surface area contributed by atoms with Gasteiger partial charge in [0.05, 0.1) is 17.3 Å². The molecule has 0 spiro atoms. The standard InChI is InChI=1S/C12H19N3O/c1-9(12(13)16)8-14-10-6-4-5-7-11(10)15(2)3/h4-7,9,14H,8H2,1-3H3,(H2,13,16). The van der Waals surface area contributed by atoms with Gasteiger partial charge in [0.2, 0.25) is 5.91 Å². The van der Waals surface area contributed by atoms with Gasteiger partial charge in [0.25, 0.3) is 0 Å². The van der Waals surface area contributed by atoms with Crippen molar-refractivity contribution in [3.63, 3.8) is 0 Å². The number of hydrogen-bond donors (Lipinski definition) is 2. The van der Waals surface area contributed by atoms with Gasteiger partial charge in [-0.1, -0.05) is 19.1 Å². The maximum atomic E-state index is 10.9. The fourth-order valence-electron chi connectivity index (χ4n) is 1.38. The van der Waals surface area contributed by atoms with Crippen molar-refractivity contribution in [3.05, 3.63) is 24.3 Å². The van der Waals surface area contributed by atoms with Gasteiger partial charge < -0.3 is 16.0 Å². The molecule has 0 aliphatic rings. The first-order valence-electron chi connectivity index (χ1n) is 5.32. The lowest BCUT2D eigenvalue weighted by atomic mass is 10.1. The Morgan fingerprint density at radius 3 is 2.62 bits per heavy atom. The molecule has 1 aromatic carbocycles. The van der Waals surface area contributed by atoms with E-state index < -0.39 is 0 Å². The molecule has 0 aliphatic heterocycles. The fourth-order valence-corrected chi connectivity index (χ4v) is 1.38. The molecule has 0 aliphatic carbocycles. The number of nitrogens with zero attached hydrogens (tertiary/aromatic N) is 1. The van der Waals surface area contributed by atoms with Crippen LogP contribution in [0.1, 0.15) is 6.92 Å². The second kappa shape index (κ2) is 5.39. The minimum atomic E-state index is -0.283. The molecule has 1 atom stereocenters. The minimum absolute atomic E-state index is 0.171. The van der Waals surface area contributed by atoms with Crippen molar-refractivity contribution in [2.24, 2.45) is 11.7 Å². The lowest BCUT2D eigenvalue weighted by molar-refractivity contribution is -0.120. The Hall–Kier alpha value is -1.71. The third kappa shape index (κ3) is 3.15. The van der Waals surface area contributed by atoms with E-state index in [2.05, 4.69) is 5.32 Å². The number of primary amides is 1. The van der Waals surface area contributed by atoms with Crippen LogP contribution < -0.4 is 16.0 Å². The van der Waals surface area contributed by atoms with E-state index in [4.69, 9.17) is 5.73 Å². The molecule has 1 amide bonds. The van der Waals surface area contributed by atoms with Gasteiger partial charge in [-0.25, -0.2) is 0 Å². The summed E-state index contributed by atoms with van der Waals surface area (Å²) in [6.45, 7) is 2.37. The number of nitrogens with two attached hydrogens (primary N) is 1. The Morgan fingerprint density at radius 2 is 2.06 bits per heavy atom. The van der Waals surface area contributed by atoms with E-state index in [0.29, 0.717) is 6.54 Å². The summed E-state index contributed by atoms with van der Waals surface area (Å²) in [7, 11) is 3.97. The molecule has 0 heterocycles. The molecule has 0 fully saturated rings. The molecule has 4 heteroatoms. The maximum absolute atomic E-state index is 10.9. The second-order valence-corrected chi connectivity index (χ2v) is 4.10. The highest BCUT2D eigenvalue weighted by Crippen LogP contribution is 2.23. The Balaban J connectivity index is 2.70. The highest BCUT2D eigenvalue weighted by atomic mass is 16.1. The van der Waals surface area contributed by atoms with Crippen molar-refractivity contribution in [2.75, 3.05) is 30.9 Å². The average molecular weight is 221 g/mol. The Morgan fingerprint density at radius 1 is 1.44 bits per heavy atom. The summed E-state index contributed by atoms with van der Waals surface area (Å²) in [5.41, 5.74) is 7.32. The largest absolute Gasteiger partial charge is 0.383 e. The minimum Gasteiger partial charge on any atom is -0.383 e. The third-order valence-corrected chi connectivity index (χ3v) is 2.47. The second-order valence-electron chi connectivity index (χ2n) is 4.10. The van der Waals surface area contributed by atoms with Crippen LogP contribution >= 0.6 is 0 Å². The van der Waals surface area contributed by atoms with E-state index >= 15 is 0 Å². The molecule has 0 radical (unpaired) electrons. The SMILES string of the molecule is CC(CNc1ccccc1N(C)C)C(N)=O. The average Bonchev–Trinajstić information content (AvgIpc) is 2.25. The van der Waals surface area contributed by atoms with Gasteiger partial charge in [0.15, 0.2) is 0 Å². The number of para-hydroxylation sites is 2. The summed E-state index contributed by atoms with van der Waals surface area (Å²) in [5.74, 6) is -0.454. The highest BCUT2D eigenvalue weighted by Gasteiger charge is 2.09. The lowest BCUT2D eigenvalue weighted by Crippen LogP contribution is -2.27. The summed E-state index contributed by atoms with van der Waals surface area (Å²) in [5, 5.41) is 3.23. The number of carbonyl (C=O) groups excluding carboxylic acids is 1. The zero-order valence-electron chi connectivity index (χ0n) is 10.0. The van der Waals surface area contributed by atoms with Crippen molar-refractivity contribution < 1.29 is 4.79 Å². The predicted octanol–water partition coefficient (Wildman–Crippen LogP) is 1.29. The van der Waals surface area contributed by atoms with Crippen LogP contribution in [-0.4, -0.2) is 26.5 Å². The molecule has 0 saturated heterocycles. The molecule has 1 rings (SSSR count). The molecule has 0 aromatic heterocycles. The van der Waals surface area contributed by atoms with Crippen LogP contribution in [0.25, 0.3) is 0 Å². The zero-order valence-corrected chi connectivity index (χ0v) is 10.0. The van der Waals surface area contributed by atoms with Gasteiger partial charge in [-0.05, 0) is 12.1 Å². The van der Waals surface area contributed by atoms with Gasteiger partial charge in [0.1, 0.15) is 0 Å². The summed E-state index contributed by atoms with van der Waals surface area (Å²) in [6, 6.07) is 7.96. The van der Waals surface area contributed by atoms with E-state index in [9.17, 15) is 4.79 Å². The Bertz CT molecular complexity index is 363. The number of carbonyl (C=O) groups is 1. The van der Waals surface area contributed by atoms with E-state index in [1.54, 1.807) is 0 Å². The summed E-state index contributed by atoms with van der Waals surface area (Å²) in [4.78, 5) is 12.9. The van der Waals surface area contributed by atoms with Crippen molar-refractivity contribution in [1.82, 2.24) is 0 Å². The summed E-state index contributed by atoms with van der Waals surface area (Å²) in [6.07, 6.45) is 0. The molecule has 88 valence electrons. The number of amides is 1. The Labute approximate surface area is 96.4 Å². The van der Waals surface area contributed by atoms with E-state index in [1.165, 1.54) is 0 Å². The first-order valence-corrected chi connectivity index (χ1v) is 5.32. The van der Waals surface area contributed by atoms with Crippen molar-refractivity contribution in [1.29, 1.82) is 0 Å². The van der Waals surface area contributed by atoms with Crippen LogP contribution in [0.5, 0.6) is 0 Å². The normalized spacial score (nSPS) is 11.9. The molecule has 1 aromatic rings. The first-order chi connectivity index (χ1) is 7.52. The zero-order chi connectivity index (χ0) is 12.1. The van der Waals surface area contributed by atoms with Crippen LogP contribution in [0.2, 0.25) is 0 Å². The van der Waals surface area contributed by atoms with Crippen LogP contribution in [-0.2, 0) is 4.79 Å². The van der Waals surface area contributed by atoms with E-state index in [-0.39, 0.29) is 11.8 Å². The smallest absolute Gasteiger partial charge is 0.222 e. The highest BCUT2D eigenvalue weighted by molar-refractivity contribution is 5.77. The topological polar surface area (TPSA) is 58.4 Å². The molecular weight excluding hydrogens is 202 g/mol. The maximum Gasteiger partial charge on any atom is 0.222 e. The van der Waals surface area contributed by atoms with Crippen LogP contribution in [0.4, 0.5) is 11.4 Å². The van der Waals surface area contributed by atoms with Crippen molar-refractivity contribution in [3.8, 4) is 0 Å². The lowest BCUT2D eigenvalue weighted by Gasteiger charge is -2.19. The predicted molar refractivity (Wildman–Crippen MR) is 67.6 cm³/mol. The molecule has 1 unspecified atom stereocenters. The van der Waals surface area contributed by atoms with Gasteiger partial charge in [-0.3, -0.25) is 4.79 Å². The molecule has 0 saturated carbocycles. The monoisotopic (exact) mass is 221 g/mol. The molecular formula is C12H19N3O. The number of benzene rings is 1. The Kier molecular flexibility index (Phi) is 4.17. The molecule has 0 bridgehead atoms. The quantitative estimate of drug-likeness (QED) is 0.787. The number of rotatable bonds is 5. The fraction of sp³-hybridized carbons (Fsp3) is 0.417. The van der Waals surface area contributed by atoms with Crippen molar-refractivity contribution >= 4 is 17.3 Å². The van der Waals surface area contributed by atoms with Crippen LogP contribution in [0, 0.1) is 5.92 Å². The number of nitrogens with one attached hydrogen (secondary N) is 1. The van der Waals surface area contributed by atoms with Crippen molar-refractivity contribution in [2.45, 2.75) is 6.92 Å². The van der Waals surface area contributed by atoms with Crippen LogP contribution in [0.3, 0.4) is 0 Å². The number of anilines is 2. The molecule has 16 heavy (non-hydrogen) atoms. The van der Waals surface area contributed by atoms with Gasteiger partial charge in [-0.15, -0.1) is 0 Å². The van der Waals surface area contributed by atoms with Gasteiger partial charge >= 0.3 is 0 Å². The number of hydrogen-bond acceptors (Lipinski definition) is 3. The first kappa shape index (κ1) is 12.4. The van der Waals surface area contributed by atoms with Gasteiger partial charge in [0, 0.05) is 20.6 Å². The summed E-state index contributed by atoms with van der Waals surface area (Å²) >= 11 is 0. The third-order valence-electron chi connectivity index (χ3n) is 2.47.